The summed E-state index contributed by atoms with van der Waals surface area (Å²) < 4.78 is 16.2. The molecule has 5 rings (SSSR count). The molecule has 2 aliphatic rings. The number of Topliss-reactive ketones (excluding diaryl/α,β-unsaturated/α-hetero) is 1. The fourth-order valence-corrected chi connectivity index (χ4v) is 8.34. The Morgan fingerprint density at radius 2 is 1.53 bits per heavy atom. The molecular formula is C47H63FN4O. The van der Waals surface area contributed by atoms with Crippen molar-refractivity contribution in [1.82, 2.24) is 14.8 Å². The van der Waals surface area contributed by atoms with Crippen LogP contribution < -0.4 is 4.90 Å². The monoisotopic (exact) mass is 718 g/mol. The molecule has 53 heavy (non-hydrogen) atoms. The van der Waals surface area contributed by atoms with Crippen molar-refractivity contribution >= 4 is 17.0 Å². The highest BCUT2D eigenvalue weighted by Crippen LogP contribution is 2.37. The van der Waals surface area contributed by atoms with Crippen LogP contribution in [0.15, 0.2) is 84.1 Å². The molecule has 0 bridgehead atoms. The smallest absolute Gasteiger partial charge is 0.165 e. The summed E-state index contributed by atoms with van der Waals surface area (Å²) >= 11 is 0. The number of anilines is 1. The third kappa shape index (κ3) is 9.20. The molecule has 3 aromatic rings. The number of piperidine rings is 1. The van der Waals surface area contributed by atoms with Crippen LogP contribution in [0.1, 0.15) is 114 Å². The summed E-state index contributed by atoms with van der Waals surface area (Å²) in [5.74, 6) is 0.983. The second-order valence-corrected chi connectivity index (χ2v) is 16.8. The molecule has 2 aliphatic heterocycles. The van der Waals surface area contributed by atoms with Crippen molar-refractivity contribution in [3.8, 4) is 11.1 Å². The Morgan fingerprint density at radius 1 is 0.849 bits per heavy atom. The van der Waals surface area contributed by atoms with Crippen molar-refractivity contribution in [1.29, 1.82) is 0 Å². The lowest BCUT2D eigenvalue weighted by atomic mass is 9.78. The van der Waals surface area contributed by atoms with Crippen molar-refractivity contribution in [2.45, 2.75) is 100 Å². The van der Waals surface area contributed by atoms with E-state index in [9.17, 15) is 4.79 Å². The number of carbonyl (C=O) groups is 1. The molecule has 2 fully saturated rings. The van der Waals surface area contributed by atoms with E-state index < -0.39 is 0 Å². The Labute approximate surface area is 319 Å². The van der Waals surface area contributed by atoms with Gasteiger partial charge in [0.15, 0.2) is 5.78 Å². The van der Waals surface area contributed by atoms with Gasteiger partial charge in [0.05, 0.1) is 0 Å². The number of aryl methyl sites for hydroxylation is 2. The molecule has 0 atom stereocenters. The number of aromatic nitrogens is 1. The van der Waals surface area contributed by atoms with E-state index in [1.807, 2.05) is 39.2 Å². The summed E-state index contributed by atoms with van der Waals surface area (Å²) in [7, 11) is 0. The van der Waals surface area contributed by atoms with Crippen molar-refractivity contribution < 1.29 is 9.18 Å². The van der Waals surface area contributed by atoms with Gasteiger partial charge in [-0.25, -0.2) is 4.39 Å². The molecule has 5 nitrogen and oxygen atoms in total. The van der Waals surface area contributed by atoms with E-state index in [4.69, 9.17) is 0 Å². The van der Waals surface area contributed by atoms with Crippen LogP contribution in [0.2, 0.25) is 0 Å². The number of halogens is 1. The molecule has 1 aromatic heterocycles. The van der Waals surface area contributed by atoms with Gasteiger partial charge in [0.25, 0.3) is 0 Å². The first-order chi connectivity index (χ1) is 25.1. The fourth-order valence-electron chi connectivity index (χ4n) is 8.34. The van der Waals surface area contributed by atoms with Gasteiger partial charge in [0.2, 0.25) is 0 Å². The van der Waals surface area contributed by atoms with Crippen LogP contribution in [0.4, 0.5) is 10.1 Å². The molecule has 3 heterocycles. The molecule has 0 amide bonds. The maximum absolute atomic E-state index is 16.2. The van der Waals surface area contributed by atoms with Crippen molar-refractivity contribution in [2.75, 3.05) is 44.2 Å². The van der Waals surface area contributed by atoms with Gasteiger partial charge in [-0.2, -0.15) is 0 Å². The van der Waals surface area contributed by atoms with Crippen LogP contribution in [0, 0.1) is 25.7 Å². The molecule has 0 aliphatic carbocycles. The topological polar surface area (TPSA) is 39.7 Å². The zero-order valence-electron chi connectivity index (χ0n) is 34.3. The molecular weight excluding hydrogens is 656 g/mol. The van der Waals surface area contributed by atoms with Crippen molar-refractivity contribution in [3.05, 3.63) is 112 Å². The maximum atomic E-state index is 16.2. The van der Waals surface area contributed by atoms with Gasteiger partial charge in [-0.1, -0.05) is 57.5 Å². The lowest BCUT2D eigenvalue weighted by Gasteiger charge is -2.50. The molecule has 2 saturated heterocycles. The molecule has 6 heteroatoms. The summed E-state index contributed by atoms with van der Waals surface area (Å²) in [6.45, 7) is 29.1. The summed E-state index contributed by atoms with van der Waals surface area (Å²) in [5.41, 5.74) is 11.7. The third-order valence-electron chi connectivity index (χ3n) is 11.8. The molecule has 0 N–H and O–H groups in total. The van der Waals surface area contributed by atoms with E-state index >= 15 is 4.39 Å². The number of allylic oxidation sites excluding steroid dienone is 6. The van der Waals surface area contributed by atoms with Gasteiger partial charge >= 0.3 is 0 Å². The zero-order chi connectivity index (χ0) is 38.6. The highest BCUT2D eigenvalue weighted by molar-refractivity contribution is 5.99. The number of rotatable bonds is 11. The van der Waals surface area contributed by atoms with E-state index in [2.05, 4.69) is 118 Å². The number of carbonyl (C=O) groups excluding carboxylic acids is 1. The van der Waals surface area contributed by atoms with E-state index in [0.29, 0.717) is 11.8 Å². The van der Waals surface area contributed by atoms with Crippen LogP contribution in [-0.4, -0.2) is 65.4 Å². The van der Waals surface area contributed by atoms with E-state index in [1.165, 1.54) is 16.8 Å². The standard InChI is InChI=1S/C47H63FN4O/c1-31(2)26-38(37-12-14-42(34(7)27-37)44-30-49-19-16-41(44)32(3)4)29-45(48)36(9)50-20-17-39(18-21-50)47(10,11)52-24-22-51(23-25-52)40-13-15-43(35(8)28-40)46(53)33(5)6/h12-16,19,26-30,32-33,39H,17-18,20-25H2,1-11H3/b38-29+,45-36-. The van der Waals surface area contributed by atoms with Gasteiger partial charge in [0.1, 0.15) is 5.83 Å². The number of pyridine rings is 1. The molecule has 0 radical (unpaired) electrons. The SMILES string of the molecule is CC(C)=C/C(=C\C(F)=C(/C)N1CCC(C(C)(C)N2CCN(c3ccc(C(=O)C(C)C)c(C)c3)CC2)CC1)c1ccc(-c2cnccc2C(C)C)c(C)c1. The summed E-state index contributed by atoms with van der Waals surface area (Å²) in [6, 6.07) is 14.9. The highest BCUT2D eigenvalue weighted by Gasteiger charge is 2.39. The minimum absolute atomic E-state index is 0.00375. The number of nitrogens with zero attached hydrogens (tertiary/aromatic N) is 4. The van der Waals surface area contributed by atoms with E-state index in [-0.39, 0.29) is 23.1 Å². The van der Waals surface area contributed by atoms with E-state index in [1.54, 1.807) is 6.08 Å². The number of likely N-dealkylation sites (tertiary alicyclic amines) is 1. The molecule has 2 aromatic carbocycles. The van der Waals surface area contributed by atoms with Crippen molar-refractivity contribution in [2.24, 2.45) is 11.8 Å². The molecule has 0 spiro atoms. The summed E-state index contributed by atoms with van der Waals surface area (Å²) in [6.07, 6.45) is 9.72. The Morgan fingerprint density at radius 3 is 2.11 bits per heavy atom. The van der Waals surface area contributed by atoms with Crippen molar-refractivity contribution in [3.63, 3.8) is 0 Å². The first-order valence-corrected chi connectivity index (χ1v) is 19.8. The molecule has 284 valence electrons. The van der Waals surface area contributed by atoms with Gasteiger partial charge in [0, 0.05) is 85.6 Å². The fraction of sp³-hybridized carbons (Fsp3) is 0.489. The Kier molecular flexibility index (Phi) is 12.9. The predicted octanol–water partition coefficient (Wildman–Crippen LogP) is 11.2. The Bertz CT molecular complexity index is 1860. The van der Waals surface area contributed by atoms with E-state index in [0.717, 1.165) is 96.8 Å². The minimum atomic E-state index is -0.167. The lowest BCUT2D eigenvalue weighted by molar-refractivity contribution is 0.0278. The average Bonchev–Trinajstić information content (AvgIpc) is 3.13. The van der Waals surface area contributed by atoms with Crippen LogP contribution in [0.5, 0.6) is 0 Å². The minimum Gasteiger partial charge on any atom is -0.373 e. The van der Waals surface area contributed by atoms with Crippen LogP contribution >= 0.6 is 0 Å². The Balaban J connectivity index is 1.24. The highest BCUT2D eigenvalue weighted by atomic mass is 19.1. The van der Waals surface area contributed by atoms with Crippen LogP contribution in [0.3, 0.4) is 0 Å². The number of hydrogen-bond acceptors (Lipinski definition) is 5. The van der Waals surface area contributed by atoms with Gasteiger partial charge < -0.3 is 9.80 Å². The third-order valence-corrected chi connectivity index (χ3v) is 11.8. The second kappa shape index (κ2) is 17.0. The zero-order valence-corrected chi connectivity index (χ0v) is 34.3. The quantitative estimate of drug-likeness (QED) is 0.146. The Hall–Kier alpha value is -4.03. The van der Waals surface area contributed by atoms with Gasteiger partial charge in [-0.3, -0.25) is 14.7 Å². The maximum Gasteiger partial charge on any atom is 0.165 e. The number of piperazine rings is 1. The summed E-state index contributed by atoms with van der Waals surface area (Å²) in [4.78, 5) is 24.4. The van der Waals surface area contributed by atoms with Gasteiger partial charge in [-0.15, -0.1) is 0 Å². The van der Waals surface area contributed by atoms with Gasteiger partial charge in [-0.05, 0) is 137 Å². The van der Waals surface area contributed by atoms with Crippen LogP contribution in [-0.2, 0) is 0 Å². The molecule has 0 unspecified atom stereocenters. The number of benzene rings is 2. The second-order valence-electron chi connectivity index (χ2n) is 16.8. The first kappa shape index (κ1) is 40.2. The molecule has 0 saturated carbocycles. The lowest BCUT2D eigenvalue weighted by Crippen LogP contribution is -2.58. The predicted molar refractivity (Wildman–Crippen MR) is 222 cm³/mol. The first-order valence-electron chi connectivity index (χ1n) is 19.8. The number of hydrogen-bond donors (Lipinski definition) is 0. The van der Waals surface area contributed by atoms with Crippen LogP contribution in [0.25, 0.3) is 16.7 Å². The summed E-state index contributed by atoms with van der Waals surface area (Å²) in [5, 5.41) is 0. The largest absolute Gasteiger partial charge is 0.373 e. The number of ketones is 1. The average molecular weight is 719 g/mol. The normalized spacial score (nSPS) is 17.1.